The van der Waals surface area contributed by atoms with Crippen molar-refractivity contribution in [2.45, 2.75) is 33.4 Å². The van der Waals surface area contributed by atoms with Gasteiger partial charge in [0.25, 0.3) is 5.91 Å². The topological polar surface area (TPSA) is 47.6 Å². The fraction of sp³-hybridized carbons (Fsp3) is 0.240. The van der Waals surface area contributed by atoms with Crippen LogP contribution in [0.3, 0.4) is 0 Å². The summed E-state index contributed by atoms with van der Waals surface area (Å²) >= 11 is 0. The van der Waals surface area contributed by atoms with E-state index in [2.05, 4.69) is 11.4 Å². The van der Waals surface area contributed by atoms with Crippen molar-refractivity contribution in [3.63, 3.8) is 0 Å². The summed E-state index contributed by atoms with van der Waals surface area (Å²) in [5.74, 6) is 0.903. The van der Waals surface area contributed by atoms with Crippen LogP contribution in [0.5, 0.6) is 11.5 Å². The second kappa shape index (κ2) is 9.44. The highest BCUT2D eigenvalue weighted by atomic mass is 19.1. The minimum absolute atomic E-state index is 0.220. The van der Waals surface area contributed by atoms with Gasteiger partial charge in [0.05, 0.1) is 13.2 Å². The van der Waals surface area contributed by atoms with Crippen molar-refractivity contribution in [1.29, 1.82) is 0 Å². The lowest BCUT2D eigenvalue weighted by atomic mass is 10.1. The van der Waals surface area contributed by atoms with Gasteiger partial charge in [-0.2, -0.15) is 0 Å². The zero-order chi connectivity index (χ0) is 21.7. The molecule has 0 aliphatic carbocycles. The van der Waals surface area contributed by atoms with E-state index in [1.165, 1.54) is 12.1 Å². The van der Waals surface area contributed by atoms with Crippen molar-refractivity contribution in [2.24, 2.45) is 0 Å². The Balaban J connectivity index is 1.74. The molecular weight excluding hydrogens is 381 g/mol. The van der Waals surface area contributed by atoms with Gasteiger partial charge in [-0.3, -0.25) is 4.79 Å². The Morgan fingerprint density at radius 1 is 1.00 bits per heavy atom. The number of amides is 1. The molecule has 0 spiro atoms. The molecule has 0 saturated heterocycles. The van der Waals surface area contributed by atoms with Crippen LogP contribution >= 0.6 is 0 Å². The number of carbonyl (C=O) groups excluding carboxylic acids is 1. The first-order chi connectivity index (χ1) is 14.4. The minimum atomic E-state index is -0.305. The summed E-state index contributed by atoms with van der Waals surface area (Å²) in [6.07, 6.45) is 0. The highest BCUT2D eigenvalue weighted by Crippen LogP contribution is 2.24. The number of ether oxygens (including phenoxy) is 2. The number of carbonyl (C=O) groups is 1. The number of hydrogen-bond acceptors (Lipinski definition) is 3. The molecule has 156 valence electrons. The van der Waals surface area contributed by atoms with E-state index < -0.39 is 0 Å². The number of halogens is 1. The van der Waals surface area contributed by atoms with E-state index in [1.807, 2.05) is 32.9 Å². The highest BCUT2D eigenvalue weighted by molar-refractivity contribution is 5.94. The summed E-state index contributed by atoms with van der Waals surface area (Å²) in [4.78, 5) is 12.7. The van der Waals surface area contributed by atoms with Gasteiger partial charge in [0, 0.05) is 11.1 Å². The van der Waals surface area contributed by atoms with Crippen molar-refractivity contribution < 1.29 is 18.7 Å². The van der Waals surface area contributed by atoms with Gasteiger partial charge in [-0.05, 0) is 79.9 Å². The van der Waals surface area contributed by atoms with Crippen LogP contribution in [0.15, 0.2) is 60.7 Å². The number of benzene rings is 3. The predicted octanol–water partition coefficient (Wildman–Crippen LogP) is 5.52. The van der Waals surface area contributed by atoms with Gasteiger partial charge in [-0.1, -0.05) is 18.2 Å². The summed E-state index contributed by atoms with van der Waals surface area (Å²) in [6, 6.07) is 17.1. The molecule has 0 saturated carbocycles. The van der Waals surface area contributed by atoms with Crippen molar-refractivity contribution >= 4 is 5.91 Å². The molecule has 3 rings (SSSR count). The molecule has 4 nitrogen and oxygen atoms in total. The summed E-state index contributed by atoms with van der Waals surface area (Å²) in [7, 11) is 1.59. The lowest BCUT2D eigenvalue weighted by Gasteiger charge is -2.16. The lowest BCUT2D eigenvalue weighted by Crippen LogP contribution is -2.26. The van der Waals surface area contributed by atoms with Gasteiger partial charge in [0.15, 0.2) is 0 Å². The Morgan fingerprint density at radius 3 is 2.30 bits per heavy atom. The highest BCUT2D eigenvalue weighted by Gasteiger charge is 2.14. The van der Waals surface area contributed by atoms with E-state index in [1.54, 1.807) is 37.4 Å². The Kier molecular flexibility index (Phi) is 6.72. The van der Waals surface area contributed by atoms with E-state index >= 15 is 0 Å². The quantitative estimate of drug-likeness (QED) is 0.561. The molecule has 0 bridgehead atoms. The minimum Gasteiger partial charge on any atom is -0.496 e. The molecule has 0 heterocycles. The van der Waals surface area contributed by atoms with Gasteiger partial charge in [0.1, 0.15) is 23.9 Å². The molecule has 3 aromatic rings. The van der Waals surface area contributed by atoms with Crippen LogP contribution in [0.4, 0.5) is 4.39 Å². The molecule has 3 aromatic carbocycles. The number of methoxy groups -OCH3 is 1. The summed E-state index contributed by atoms with van der Waals surface area (Å²) in [5.41, 5.74) is 4.36. The largest absolute Gasteiger partial charge is 0.496 e. The molecule has 1 atom stereocenters. The second-order valence-corrected chi connectivity index (χ2v) is 7.39. The Hall–Kier alpha value is -3.34. The number of nitrogens with one attached hydrogen (secondary N) is 1. The molecule has 5 heteroatoms. The van der Waals surface area contributed by atoms with Crippen LogP contribution in [0, 0.1) is 19.7 Å². The molecule has 0 fully saturated rings. The molecule has 0 aromatic heterocycles. The Bertz CT molecular complexity index is 1010. The molecular formula is C25H26FNO3. The van der Waals surface area contributed by atoms with Gasteiger partial charge in [-0.15, -0.1) is 0 Å². The lowest BCUT2D eigenvalue weighted by molar-refractivity contribution is 0.0939. The van der Waals surface area contributed by atoms with Gasteiger partial charge in [0.2, 0.25) is 0 Å². The Labute approximate surface area is 176 Å². The summed E-state index contributed by atoms with van der Waals surface area (Å²) in [5, 5.41) is 2.94. The van der Waals surface area contributed by atoms with Crippen molar-refractivity contribution in [2.75, 3.05) is 7.11 Å². The third kappa shape index (κ3) is 5.38. The van der Waals surface area contributed by atoms with Crippen LogP contribution in [-0.2, 0) is 6.61 Å². The van der Waals surface area contributed by atoms with Crippen LogP contribution in [-0.4, -0.2) is 13.0 Å². The standard InChI is InChI=1S/C25H26FNO3/c1-16-11-17(2)13-23(12-16)30-15-21-14-20(7-10-24(21)29-4)25(28)27-18(3)19-5-8-22(26)9-6-19/h5-14,18H,15H2,1-4H3,(H,27,28)/t18-/m1/s1. The summed E-state index contributed by atoms with van der Waals surface area (Å²) in [6.45, 7) is 6.18. The first-order valence-corrected chi connectivity index (χ1v) is 9.80. The maximum absolute atomic E-state index is 13.1. The van der Waals surface area contributed by atoms with E-state index in [4.69, 9.17) is 9.47 Å². The van der Waals surface area contributed by atoms with E-state index in [0.717, 1.165) is 28.0 Å². The van der Waals surface area contributed by atoms with E-state index in [9.17, 15) is 9.18 Å². The SMILES string of the molecule is COc1ccc(C(=O)N[C@H](C)c2ccc(F)cc2)cc1COc1cc(C)cc(C)c1. The van der Waals surface area contributed by atoms with E-state index in [0.29, 0.717) is 11.3 Å². The first-order valence-electron chi connectivity index (χ1n) is 9.80. The third-order valence-electron chi connectivity index (χ3n) is 4.85. The van der Waals surface area contributed by atoms with Crippen LogP contribution in [0.2, 0.25) is 0 Å². The van der Waals surface area contributed by atoms with Gasteiger partial charge >= 0.3 is 0 Å². The molecule has 0 unspecified atom stereocenters. The number of aryl methyl sites for hydroxylation is 2. The fourth-order valence-electron chi connectivity index (χ4n) is 3.32. The smallest absolute Gasteiger partial charge is 0.251 e. The van der Waals surface area contributed by atoms with Crippen molar-refractivity contribution in [3.05, 3.63) is 94.3 Å². The fourth-order valence-corrected chi connectivity index (χ4v) is 3.32. The summed E-state index contributed by atoms with van der Waals surface area (Å²) < 4.78 is 24.5. The molecule has 0 radical (unpaired) electrons. The van der Waals surface area contributed by atoms with E-state index in [-0.39, 0.29) is 24.4 Å². The van der Waals surface area contributed by atoms with Crippen LogP contribution in [0.25, 0.3) is 0 Å². The number of rotatable bonds is 7. The molecule has 30 heavy (non-hydrogen) atoms. The average molecular weight is 407 g/mol. The van der Waals surface area contributed by atoms with Crippen molar-refractivity contribution in [3.8, 4) is 11.5 Å². The zero-order valence-electron chi connectivity index (χ0n) is 17.7. The zero-order valence-corrected chi connectivity index (χ0v) is 17.7. The maximum atomic E-state index is 13.1. The van der Waals surface area contributed by atoms with Gasteiger partial charge in [-0.25, -0.2) is 4.39 Å². The third-order valence-corrected chi connectivity index (χ3v) is 4.85. The van der Waals surface area contributed by atoms with Crippen LogP contribution < -0.4 is 14.8 Å². The Morgan fingerprint density at radius 2 is 1.67 bits per heavy atom. The second-order valence-electron chi connectivity index (χ2n) is 7.39. The average Bonchev–Trinajstić information content (AvgIpc) is 2.71. The molecule has 1 amide bonds. The number of hydrogen-bond donors (Lipinski definition) is 1. The molecule has 0 aliphatic rings. The monoisotopic (exact) mass is 407 g/mol. The normalized spacial score (nSPS) is 11.6. The predicted molar refractivity (Wildman–Crippen MR) is 116 cm³/mol. The maximum Gasteiger partial charge on any atom is 0.251 e. The molecule has 1 N–H and O–H groups in total. The van der Waals surface area contributed by atoms with Crippen molar-refractivity contribution in [1.82, 2.24) is 5.32 Å². The van der Waals surface area contributed by atoms with Crippen LogP contribution in [0.1, 0.15) is 45.6 Å². The molecule has 0 aliphatic heterocycles. The van der Waals surface area contributed by atoms with Gasteiger partial charge < -0.3 is 14.8 Å². The first kappa shape index (κ1) is 21.4.